The fourth-order valence-electron chi connectivity index (χ4n) is 2.71. The topological polar surface area (TPSA) is 79.8 Å². The lowest BCUT2D eigenvalue weighted by molar-refractivity contribution is 0.641. The molecule has 2 aromatic rings. The number of aromatic nitrogens is 2. The maximum atomic E-state index is 9.05. The molecule has 0 amide bonds. The number of aryl methyl sites for hydroxylation is 1. The normalized spacial score (nSPS) is 14.2. The molecule has 2 aromatic heterocycles. The van der Waals surface area contributed by atoms with E-state index in [2.05, 4.69) is 31.9 Å². The number of halogens is 1. The smallest absolute Gasteiger partial charge is 0.147 e. The fourth-order valence-corrected chi connectivity index (χ4v) is 2.98. The van der Waals surface area contributed by atoms with Crippen molar-refractivity contribution >= 4 is 23.2 Å². The van der Waals surface area contributed by atoms with E-state index in [9.17, 15) is 0 Å². The third-order valence-corrected chi connectivity index (χ3v) is 4.30. The second-order valence-corrected chi connectivity index (χ2v) is 5.91. The van der Waals surface area contributed by atoms with E-state index in [0.29, 0.717) is 27.8 Å². The number of hydrogen-bond acceptors (Lipinski definition) is 6. The molecule has 1 fully saturated rings. The monoisotopic (exact) mass is 338 g/mol. The van der Waals surface area contributed by atoms with Gasteiger partial charge in [0.15, 0.2) is 0 Å². The number of anilines is 2. The molecule has 120 valence electrons. The summed E-state index contributed by atoms with van der Waals surface area (Å²) in [4.78, 5) is 13.1. The van der Waals surface area contributed by atoms with Gasteiger partial charge in [0.05, 0.1) is 16.3 Å². The van der Waals surface area contributed by atoms with Crippen molar-refractivity contribution in [2.45, 2.75) is 6.92 Å². The molecule has 1 aliphatic rings. The zero-order valence-corrected chi connectivity index (χ0v) is 14.0. The molecular formula is C17H15ClN6. The largest absolute Gasteiger partial charge is 0.353 e. The zero-order chi connectivity index (χ0) is 17.1. The summed E-state index contributed by atoms with van der Waals surface area (Å²) in [6, 6.07) is 11.3. The SMILES string of the molecule is Cc1nc(N2CCN(c3cccc(C#N)n3)CC2)c(Cl)cc1C#N. The Hall–Kier alpha value is -2.83. The molecule has 0 aromatic carbocycles. The summed E-state index contributed by atoms with van der Waals surface area (Å²) in [5, 5.41) is 18.5. The Bertz CT molecular complexity index is 843. The van der Waals surface area contributed by atoms with Crippen molar-refractivity contribution in [2.24, 2.45) is 0 Å². The molecule has 0 unspecified atom stereocenters. The van der Waals surface area contributed by atoms with Gasteiger partial charge in [0.2, 0.25) is 0 Å². The molecule has 24 heavy (non-hydrogen) atoms. The van der Waals surface area contributed by atoms with E-state index in [-0.39, 0.29) is 0 Å². The molecule has 0 aliphatic carbocycles. The summed E-state index contributed by atoms with van der Waals surface area (Å²) < 4.78 is 0. The molecule has 0 N–H and O–H groups in total. The second kappa shape index (κ2) is 6.74. The van der Waals surface area contributed by atoms with Crippen LogP contribution in [0, 0.1) is 29.6 Å². The lowest BCUT2D eigenvalue weighted by atomic mass is 10.2. The fraction of sp³-hybridized carbons (Fsp3) is 0.294. The van der Waals surface area contributed by atoms with Crippen molar-refractivity contribution in [1.29, 1.82) is 10.5 Å². The van der Waals surface area contributed by atoms with Crippen molar-refractivity contribution in [3.8, 4) is 12.1 Å². The lowest BCUT2D eigenvalue weighted by Crippen LogP contribution is -2.47. The molecular weight excluding hydrogens is 324 g/mol. The number of pyridine rings is 2. The van der Waals surface area contributed by atoms with Gasteiger partial charge >= 0.3 is 0 Å². The van der Waals surface area contributed by atoms with Gasteiger partial charge in [-0.1, -0.05) is 17.7 Å². The minimum atomic E-state index is 0.419. The van der Waals surface area contributed by atoms with E-state index in [4.69, 9.17) is 22.1 Å². The molecule has 0 bridgehead atoms. The summed E-state index contributed by atoms with van der Waals surface area (Å²) in [6.45, 7) is 4.83. The average molecular weight is 339 g/mol. The highest BCUT2D eigenvalue weighted by molar-refractivity contribution is 6.33. The van der Waals surface area contributed by atoms with E-state index in [1.54, 1.807) is 12.1 Å². The first kappa shape index (κ1) is 16.0. The van der Waals surface area contributed by atoms with Gasteiger partial charge in [-0.2, -0.15) is 10.5 Å². The molecule has 3 rings (SSSR count). The Morgan fingerprint density at radius 1 is 1.04 bits per heavy atom. The van der Waals surface area contributed by atoms with Crippen molar-refractivity contribution in [3.05, 3.63) is 46.2 Å². The molecule has 3 heterocycles. The van der Waals surface area contributed by atoms with Crippen LogP contribution < -0.4 is 9.80 Å². The molecule has 0 atom stereocenters. The van der Waals surface area contributed by atoms with Crippen LogP contribution in [0.2, 0.25) is 5.02 Å². The van der Waals surface area contributed by atoms with E-state index in [1.165, 1.54) is 0 Å². The Balaban J connectivity index is 1.75. The van der Waals surface area contributed by atoms with Crippen LogP contribution in [-0.4, -0.2) is 36.1 Å². The van der Waals surface area contributed by atoms with E-state index in [0.717, 1.165) is 32.0 Å². The van der Waals surface area contributed by atoms with Crippen LogP contribution in [0.15, 0.2) is 24.3 Å². The van der Waals surface area contributed by atoms with Gasteiger partial charge in [-0.25, -0.2) is 9.97 Å². The third-order valence-electron chi connectivity index (χ3n) is 4.02. The molecule has 1 saturated heterocycles. The maximum absolute atomic E-state index is 9.05. The number of nitriles is 2. The average Bonchev–Trinajstić information content (AvgIpc) is 2.63. The number of nitrogens with zero attached hydrogens (tertiary/aromatic N) is 6. The van der Waals surface area contributed by atoms with Crippen LogP contribution in [0.4, 0.5) is 11.6 Å². The summed E-state index contributed by atoms with van der Waals surface area (Å²) in [7, 11) is 0. The number of piperazine rings is 1. The minimum Gasteiger partial charge on any atom is -0.353 e. The highest BCUT2D eigenvalue weighted by Crippen LogP contribution is 2.27. The van der Waals surface area contributed by atoms with Gasteiger partial charge in [0.1, 0.15) is 29.5 Å². The standard InChI is InChI=1S/C17H15ClN6/c1-12-13(10-19)9-15(18)17(21-12)24-7-5-23(6-8-24)16-4-2-3-14(11-20)22-16/h2-4,9H,5-8H2,1H3. The van der Waals surface area contributed by atoms with E-state index in [1.807, 2.05) is 19.1 Å². The first-order valence-corrected chi connectivity index (χ1v) is 7.94. The predicted octanol–water partition coefficient (Wildman–Crippen LogP) is 2.51. The Labute approximate surface area is 145 Å². The quantitative estimate of drug-likeness (QED) is 0.837. The maximum Gasteiger partial charge on any atom is 0.147 e. The van der Waals surface area contributed by atoms with Crippen LogP contribution in [0.1, 0.15) is 17.0 Å². The van der Waals surface area contributed by atoms with E-state index < -0.39 is 0 Å². The molecule has 7 heteroatoms. The van der Waals surface area contributed by atoms with Crippen LogP contribution >= 0.6 is 11.6 Å². The Kier molecular flexibility index (Phi) is 4.50. The van der Waals surface area contributed by atoms with Gasteiger partial charge < -0.3 is 9.80 Å². The minimum absolute atomic E-state index is 0.419. The van der Waals surface area contributed by atoms with Gasteiger partial charge in [-0.05, 0) is 25.1 Å². The predicted molar refractivity (Wildman–Crippen MR) is 92.1 cm³/mol. The number of hydrogen-bond donors (Lipinski definition) is 0. The zero-order valence-electron chi connectivity index (χ0n) is 13.2. The molecule has 1 aliphatic heterocycles. The van der Waals surface area contributed by atoms with Gasteiger partial charge in [0, 0.05) is 26.2 Å². The third kappa shape index (κ3) is 3.10. The summed E-state index contributed by atoms with van der Waals surface area (Å²) in [5.41, 5.74) is 1.60. The van der Waals surface area contributed by atoms with Crippen molar-refractivity contribution in [3.63, 3.8) is 0 Å². The Morgan fingerprint density at radius 2 is 1.75 bits per heavy atom. The van der Waals surface area contributed by atoms with Gasteiger partial charge in [-0.15, -0.1) is 0 Å². The molecule has 0 spiro atoms. The molecule has 6 nitrogen and oxygen atoms in total. The Morgan fingerprint density at radius 3 is 2.42 bits per heavy atom. The van der Waals surface area contributed by atoms with Gasteiger partial charge in [-0.3, -0.25) is 0 Å². The van der Waals surface area contributed by atoms with Crippen molar-refractivity contribution in [1.82, 2.24) is 9.97 Å². The first-order chi connectivity index (χ1) is 11.6. The first-order valence-electron chi connectivity index (χ1n) is 7.56. The highest BCUT2D eigenvalue weighted by Gasteiger charge is 2.22. The van der Waals surface area contributed by atoms with Crippen LogP contribution in [0.3, 0.4) is 0 Å². The van der Waals surface area contributed by atoms with Crippen molar-refractivity contribution < 1.29 is 0 Å². The second-order valence-electron chi connectivity index (χ2n) is 5.51. The van der Waals surface area contributed by atoms with Crippen LogP contribution in [0.25, 0.3) is 0 Å². The summed E-state index contributed by atoms with van der Waals surface area (Å²) in [6.07, 6.45) is 0. The summed E-state index contributed by atoms with van der Waals surface area (Å²) in [5.74, 6) is 1.52. The highest BCUT2D eigenvalue weighted by atomic mass is 35.5. The summed E-state index contributed by atoms with van der Waals surface area (Å²) >= 11 is 6.29. The molecule has 0 radical (unpaired) electrons. The van der Waals surface area contributed by atoms with Crippen LogP contribution in [-0.2, 0) is 0 Å². The van der Waals surface area contributed by atoms with Gasteiger partial charge in [0.25, 0.3) is 0 Å². The lowest BCUT2D eigenvalue weighted by Gasteiger charge is -2.36. The van der Waals surface area contributed by atoms with Crippen LogP contribution in [0.5, 0.6) is 0 Å². The molecule has 0 saturated carbocycles. The van der Waals surface area contributed by atoms with Crippen molar-refractivity contribution in [2.75, 3.05) is 36.0 Å². The van der Waals surface area contributed by atoms with E-state index >= 15 is 0 Å². The number of rotatable bonds is 2.